The number of alkyl halides is 3. The van der Waals surface area contributed by atoms with Crippen molar-refractivity contribution in [3.05, 3.63) is 36.8 Å². The molecule has 1 amide bonds. The highest BCUT2D eigenvalue weighted by Crippen LogP contribution is 2.18. The Morgan fingerprint density at radius 3 is 2.69 bits per heavy atom. The molecule has 1 aromatic heterocycles. The molecule has 3 nitrogen and oxygen atoms in total. The topological polar surface area (TPSA) is 33.5 Å². The van der Waals surface area contributed by atoms with Crippen LogP contribution in [0.5, 0.6) is 0 Å². The van der Waals surface area contributed by atoms with Crippen LogP contribution in [-0.2, 0) is 11.3 Å². The Kier molecular flexibility index (Phi) is 3.76. The fourth-order valence-corrected chi connectivity index (χ4v) is 1.15. The lowest BCUT2D eigenvalue weighted by Crippen LogP contribution is -2.37. The molecule has 0 aliphatic rings. The van der Waals surface area contributed by atoms with Crippen LogP contribution >= 0.6 is 0 Å². The van der Waals surface area contributed by atoms with E-state index in [9.17, 15) is 18.0 Å². The first-order chi connectivity index (χ1) is 7.42. The average Bonchev–Trinajstić information content (AvgIpc) is 2.66. The summed E-state index contributed by atoms with van der Waals surface area (Å²) in [5.41, 5.74) is 0. The second-order valence-electron chi connectivity index (χ2n) is 3.09. The summed E-state index contributed by atoms with van der Waals surface area (Å²) in [4.78, 5) is 11.8. The van der Waals surface area contributed by atoms with Crippen molar-refractivity contribution in [3.8, 4) is 0 Å². The van der Waals surface area contributed by atoms with E-state index >= 15 is 0 Å². The number of hydrogen-bond acceptors (Lipinski definition) is 2. The standard InChI is InChI=1S/C10H10F3NO2/c1-2-9(15)14(7-10(11,12)13)6-8-4-3-5-16-8/h2-5H,1,6-7H2. The second-order valence-corrected chi connectivity index (χ2v) is 3.09. The fourth-order valence-electron chi connectivity index (χ4n) is 1.15. The molecule has 0 aromatic carbocycles. The lowest BCUT2D eigenvalue weighted by molar-refractivity contribution is -0.159. The third-order valence-corrected chi connectivity index (χ3v) is 1.78. The van der Waals surface area contributed by atoms with Crippen LogP contribution in [0, 0.1) is 0 Å². The second kappa shape index (κ2) is 4.87. The molecule has 1 rings (SSSR count). The van der Waals surface area contributed by atoms with E-state index in [2.05, 4.69) is 6.58 Å². The Balaban J connectivity index is 2.72. The zero-order chi connectivity index (χ0) is 12.2. The van der Waals surface area contributed by atoms with Gasteiger partial charge in [0.25, 0.3) is 0 Å². The van der Waals surface area contributed by atoms with Crippen LogP contribution in [0.2, 0.25) is 0 Å². The molecule has 0 saturated heterocycles. The van der Waals surface area contributed by atoms with E-state index in [0.29, 0.717) is 10.7 Å². The van der Waals surface area contributed by atoms with Crippen molar-refractivity contribution in [2.75, 3.05) is 6.54 Å². The molecule has 0 spiro atoms. The first kappa shape index (κ1) is 12.4. The van der Waals surface area contributed by atoms with Gasteiger partial charge in [0.1, 0.15) is 12.3 Å². The highest BCUT2D eigenvalue weighted by atomic mass is 19.4. The first-order valence-electron chi connectivity index (χ1n) is 4.43. The number of carbonyl (C=O) groups excluding carboxylic acids is 1. The number of carbonyl (C=O) groups is 1. The van der Waals surface area contributed by atoms with Gasteiger partial charge in [-0.15, -0.1) is 0 Å². The van der Waals surface area contributed by atoms with Crippen molar-refractivity contribution < 1.29 is 22.4 Å². The van der Waals surface area contributed by atoms with Gasteiger partial charge in [0.05, 0.1) is 12.8 Å². The summed E-state index contributed by atoms with van der Waals surface area (Å²) in [6.45, 7) is 1.61. The van der Waals surface area contributed by atoms with Crippen LogP contribution < -0.4 is 0 Å². The van der Waals surface area contributed by atoms with Crippen LogP contribution in [0.4, 0.5) is 13.2 Å². The molecule has 1 aromatic rings. The van der Waals surface area contributed by atoms with E-state index in [1.54, 1.807) is 6.07 Å². The SMILES string of the molecule is C=CC(=O)N(Cc1ccco1)CC(F)(F)F. The molecule has 0 fully saturated rings. The number of nitrogens with zero attached hydrogens (tertiary/aromatic N) is 1. The minimum absolute atomic E-state index is 0.225. The van der Waals surface area contributed by atoms with Gasteiger partial charge >= 0.3 is 6.18 Å². The van der Waals surface area contributed by atoms with Crippen molar-refractivity contribution in [3.63, 3.8) is 0 Å². The van der Waals surface area contributed by atoms with Crippen LogP contribution in [0.3, 0.4) is 0 Å². The third kappa shape index (κ3) is 3.80. The van der Waals surface area contributed by atoms with E-state index in [0.717, 1.165) is 6.08 Å². The van der Waals surface area contributed by atoms with E-state index in [1.807, 2.05) is 0 Å². The predicted molar refractivity (Wildman–Crippen MR) is 50.4 cm³/mol. The van der Waals surface area contributed by atoms with Crippen LogP contribution in [-0.4, -0.2) is 23.5 Å². The van der Waals surface area contributed by atoms with Crippen molar-refractivity contribution in [1.29, 1.82) is 0 Å². The van der Waals surface area contributed by atoms with Crippen LogP contribution in [0.1, 0.15) is 5.76 Å². The van der Waals surface area contributed by atoms with Crippen molar-refractivity contribution in [2.45, 2.75) is 12.7 Å². The number of halogens is 3. The Bertz CT molecular complexity index is 357. The number of rotatable bonds is 4. The smallest absolute Gasteiger partial charge is 0.406 e. The molecular formula is C10H10F3NO2. The van der Waals surface area contributed by atoms with E-state index in [1.165, 1.54) is 12.3 Å². The fraction of sp³-hybridized carbons (Fsp3) is 0.300. The molecule has 0 bridgehead atoms. The molecular weight excluding hydrogens is 223 g/mol. The maximum Gasteiger partial charge on any atom is 0.406 e. The van der Waals surface area contributed by atoms with Gasteiger partial charge in [0.2, 0.25) is 5.91 Å². The molecule has 16 heavy (non-hydrogen) atoms. The zero-order valence-electron chi connectivity index (χ0n) is 8.33. The molecule has 0 saturated carbocycles. The zero-order valence-corrected chi connectivity index (χ0v) is 8.33. The lowest BCUT2D eigenvalue weighted by atomic mass is 10.3. The molecule has 1 heterocycles. The van der Waals surface area contributed by atoms with E-state index < -0.39 is 18.6 Å². The predicted octanol–water partition coefficient (Wildman–Crippen LogP) is 2.36. The van der Waals surface area contributed by atoms with Gasteiger partial charge in [0.15, 0.2) is 0 Å². The highest BCUT2D eigenvalue weighted by molar-refractivity contribution is 5.86. The maximum absolute atomic E-state index is 12.2. The Hall–Kier alpha value is -1.72. The molecule has 88 valence electrons. The summed E-state index contributed by atoms with van der Waals surface area (Å²) in [6.07, 6.45) is -2.26. The minimum Gasteiger partial charge on any atom is -0.467 e. The maximum atomic E-state index is 12.2. The number of furan rings is 1. The first-order valence-corrected chi connectivity index (χ1v) is 4.43. The highest BCUT2D eigenvalue weighted by Gasteiger charge is 2.32. The Morgan fingerprint density at radius 2 is 2.25 bits per heavy atom. The quantitative estimate of drug-likeness (QED) is 0.748. The summed E-state index contributed by atoms with van der Waals surface area (Å²) in [7, 11) is 0. The number of hydrogen-bond donors (Lipinski definition) is 0. The molecule has 0 N–H and O–H groups in total. The van der Waals surface area contributed by atoms with Crippen LogP contribution in [0.15, 0.2) is 35.5 Å². The van der Waals surface area contributed by atoms with E-state index in [-0.39, 0.29) is 6.54 Å². The summed E-state index contributed by atoms with van der Waals surface area (Å²) in [6, 6.07) is 3.04. The van der Waals surface area contributed by atoms with Crippen molar-refractivity contribution in [2.24, 2.45) is 0 Å². The summed E-state index contributed by atoms with van der Waals surface area (Å²) in [5, 5.41) is 0. The normalized spacial score (nSPS) is 11.2. The van der Waals surface area contributed by atoms with Gasteiger partial charge in [-0.25, -0.2) is 0 Å². The summed E-state index contributed by atoms with van der Waals surface area (Å²) < 4.78 is 41.4. The molecule has 0 radical (unpaired) electrons. The van der Waals surface area contributed by atoms with Gasteiger partial charge in [-0.05, 0) is 18.2 Å². The van der Waals surface area contributed by atoms with Gasteiger partial charge in [-0.1, -0.05) is 6.58 Å². The molecule has 0 unspecified atom stereocenters. The third-order valence-electron chi connectivity index (χ3n) is 1.78. The molecule has 0 aliphatic carbocycles. The summed E-state index contributed by atoms with van der Waals surface area (Å²) in [5.74, 6) is -0.492. The lowest BCUT2D eigenvalue weighted by Gasteiger charge is -2.21. The summed E-state index contributed by atoms with van der Waals surface area (Å²) >= 11 is 0. The van der Waals surface area contributed by atoms with Gasteiger partial charge in [0, 0.05) is 0 Å². The molecule has 6 heteroatoms. The monoisotopic (exact) mass is 233 g/mol. The number of amides is 1. The average molecular weight is 233 g/mol. The van der Waals surface area contributed by atoms with Gasteiger partial charge in [-0.3, -0.25) is 4.79 Å². The Labute approximate surface area is 90.1 Å². The minimum atomic E-state index is -4.44. The Morgan fingerprint density at radius 1 is 1.56 bits per heavy atom. The van der Waals surface area contributed by atoms with E-state index in [4.69, 9.17) is 4.42 Å². The molecule has 0 atom stereocenters. The largest absolute Gasteiger partial charge is 0.467 e. The van der Waals surface area contributed by atoms with Gasteiger partial charge in [-0.2, -0.15) is 13.2 Å². The van der Waals surface area contributed by atoms with Crippen molar-refractivity contribution in [1.82, 2.24) is 4.90 Å². The van der Waals surface area contributed by atoms with Crippen molar-refractivity contribution >= 4 is 5.91 Å². The van der Waals surface area contributed by atoms with Crippen LogP contribution in [0.25, 0.3) is 0 Å². The van der Waals surface area contributed by atoms with Gasteiger partial charge < -0.3 is 9.32 Å². The molecule has 0 aliphatic heterocycles.